The van der Waals surface area contributed by atoms with Crippen molar-refractivity contribution in [2.45, 2.75) is 13.0 Å². The van der Waals surface area contributed by atoms with Crippen molar-refractivity contribution in [1.82, 2.24) is 9.88 Å². The van der Waals surface area contributed by atoms with Crippen LogP contribution in [0.4, 0.5) is 5.69 Å². The molecule has 1 unspecified atom stereocenters. The number of amides is 1. The number of carbonyl (C=O) groups is 1. The van der Waals surface area contributed by atoms with Gasteiger partial charge in [0, 0.05) is 19.4 Å². The first-order valence-electron chi connectivity index (χ1n) is 4.90. The van der Waals surface area contributed by atoms with Gasteiger partial charge in [-0.3, -0.25) is 15.6 Å². The number of pyridine rings is 1. The monoisotopic (exact) mass is 224 g/mol. The average molecular weight is 224 g/mol. The van der Waals surface area contributed by atoms with Crippen LogP contribution in [0.2, 0.25) is 0 Å². The number of nitrogens with one attached hydrogen (secondary N) is 1. The van der Waals surface area contributed by atoms with Crippen LogP contribution in [0.1, 0.15) is 17.3 Å². The summed E-state index contributed by atoms with van der Waals surface area (Å²) in [5, 5.41) is 8.98. The van der Waals surface area contributed by atoms with Crippen LogP contribution in [0, 0.1) is 0 Å². The quantitative estimate of drug-likeness (QED) is 0.487. The van der Waals surface area contributed by atoms with E-state index in [-0.39, 0.29) is 18.6 Å². The van der Waals surface area contributed by atoms with E-state index in [1.165, 1.54) is 11.1 Å². The van der Waals surface area contributed by atoms with Gasteiger partial charge in [-0.05, 0) is 13.0 Å². The van der Waals surface area contributed by atoms with Gasteiger partial charge in [0.1, 0.15) is 0 Å². The smallest absolute Gasteiger partial charge is 0.257 e. The molecule has 0 spiro atoms. The lowest BCUT2D eigenvalue weighted by Gasteiger charge is -2.23. The van der Waals surface area contributed by atoms with Crippen molar-refractivity contribution in [2.75, 3.05) is 19.1 Å². The summed E-state index contributed by atoms with van der Waals surface area (Å²) in [6.07, 6.45) is 2.99. The standard InChI is InChI=1S/C10H16N4O2/c1-7(6-15)14(2)10(16)8-5-12-4-3-9(8)13-11/h3-5,7,15H,6,11H2,1-2H3,(H,12,13). The molecule has 88 valence electrons. The number of hydrogen-bond donors (Lipinski definition) is 3. The lowest BCUT2D eigenvalue weighted by Crippen LogP contribution is -2.37. The second-order valence-electron chi connectivity index (χ2n) is 3.51. The Kier molecular flexibility index (Phi) is 4.21. The van der Waals surface area contributed by atoms with Crippen molar-refractivity contribution >= 4 is 11.6 Å². The number of likely N-dealkylation sites (N-methyl/N-ethyl adjacent to an activating group) is 1. The fraction of sp³-hybridized carbons (Fsp3) is 0.400. The van der Waals surface area contributed by atoms with E-state index >= 15 is 0 Å². The molecule has 0 fully saturated rings. The highest BCUT2D eigenvalue weighted by Crippen LogP contribution is 2.15. The van der Waals surface area contributed by atoms with Gasteiger partial charge in [0.05, 0.1) is 23.9 Å². The molecule has 0 aromatic carbocycles. The van der Waals surface area contributed by atoms with E-state index in [1.54, 1.807) is 26.2 Å². The van der Waals surface area contributed by atoms with Crippen LogP contribution in [0.5, 0.6) is 0 Å². The lowest BCUT2D eigenvalue weighted by atomic mass is 10.2. The van der Waals surface area contributed by atoms with Crippen molar-refractivity contribution < 1.29 is 9.90 Å². The molecule has 1 heterocycles. The minimum atomic E-state index is -0.252. The fourth-order valence-electron chi connectivity index (χ4n) is 1.20. The number of hydrogen-bond acceptors (Lipinski definition) is 5. The summed E-state index contributed by atoms with van der Waals surface area (Å²) >= 11 is 0. The molecule has 1 aromatic heterocycles. The van der Waals surface area contributed by atoms with Gasteiger partial charge in [-0.1, -0.05) is 0 Å². The van der Waals surface area contributed by atoms with Crippen molar-refractivity contribution in [1.29, 1.82) is 0 Å². The van der Waals surface area contributed by atoms with Gasteiger partial charge in [0.15, 0.2) is 0 Å². The Labute approximate surface area is 94.1 Å². The lowest BCUT2D eigenvalue weighted by molar-refractivity contribution is 0.0682. The first kappa shape index (κ1) is 12.4. The number of rotatable bonds is 4. The molecule has 6 nitrogen and oxygen atoms in total. The Morgan fingerprint density at radius 3 is 3.00 bits per heavy atom. The highest BCUT2D eigenvalue weighted by Gasteiger charge is 2.19. The molecule has 4 N–H and O–H groups in total. The molecule has 0 radical (unpaired) electrons. The number of aromatic nitrogens is 1. The summed E-state index contributed by atoms with van der Waals surface area (Å²) in [4.78, 5) is 17.3. The van der Waals surface area contributed by atoms with Crippen LogP contribution in [0.3, 0.4) is 0 Å². The molecule has 1 amide bonds. The van der Waals surface area contributed by atoms with Gasteiger partial charge in [-0.25, -0.2) is 0 Å². The number of aliphatic hydroxyl groups is 1. The topological polar surface area (TPSA) is 91.5 Å². The third-order valence-corrected chi connectivity index (χ3v) is 2.45. The average Bonchev–Trinajstić information content (AvgIpc) is 2.35. The third-order valence-electron chi connectivity index (χ3n) is 2.45. The first-order chi connectivity index (χ1) is 7.61. The molecule has 16 heavy (non-hydrogen) atoms. The zero-order chi connectivity index (χ0) is 12.1. The second-order valence-corrected chi connectivity index (χ2v) is 3.51. The summed E-state index contributed by atoms with van der Waals surface area (Å²) in [5.41, 5.74) is 3.33. The molecule has 1 atom stereocenters. The molecular weight excluding hydrogens is 208 g/mol. The zero-order valence-electron chi connectivity index (χ0n) is 9.34. The molecule has 0 bridgehead atoms. The van der Waals surface area contributed by atoms with E-state index in [0.29, 0.717) is 11.3 Å². The Morgan fingerprint density at radius 2 is 2.44 bits per heavy atom. The minimum Gasteiger partial charge on any atom is -0.394 e. The minimum absolute atomic E-state index is 0.0894. The van der Waals surface area contributed by atoms with Crippen LogP contribution >= 0.6 is 0 Å². The SMILES string of the molecule is CC(CO)N(C)C(=O)c1cnccc1NN. The number of hydrazine groups is 1. The summed E-state index contributed by atoms with van der Waals surface area (Å²) < 4.78 is 0. The normalized spacial score (nSPS) is 12.0. The molecular formula is C10H16N4O2. The number of nitrogens with zero attached hydrogens (tertiary/aromatic N) is 2. The summed E-state index contributed by atoms with van der Waals surface area (Å²) in [5.74, 6) is 5.07. The van der Waals surface area contributed by atoms with Gasteiger partial charge in [-0.2, -0.15) is 0 Å². The zero-order valence-corrected chi connectivity index (χ0v) is 9.34. The molecule has 0 aliphatic rings. The number of nitrogen functional groups attached to an aromatic ring is 1. The second kappa shape index (κ2) is 5.43. The van der Waals surface area contributed by atoms with Gasteiger partial charge in [0.2, 0.25) is 0 Å². The van der Waals surface area contributed by atoms with Crippen LogP contribution < -0.4 is 11.3 Å². The van der Waals surface area contributed by atoms with E-state index in [4.69, 9.17) is 10.9 Å². The van der Waals surface area contributed by atoms with Crippen molar-refractivity contribution in [3.05, 3.63) is 24.0 Å². The Hall–Kier alpha value is -1.66. The number of nitrogens with two attached hydrogens (primary N) is 1. The Balaban J connectivity index is 2.95. The first-order valence-corrected chi connectivity index (χ1v) is 4.90. The largest absolute Gasteiger partial charge is 0.394 e. The highest BCUT2D eigenvalue weighted by molar-refractivity contribution is 5.99. The molecule has 6 heteroatoms. The van der Waals surface area contributed by atoms with E-state index in [2.05, 4.69) is 10.4 Å². The summed E-state index contributed by atoms with van der Waals surface area (Å²) in [7, 11) is 1.62. The van der Waals surface area contributed by atoms with Gasteiger partial charge < -0.3 is 15.4 Å². The van der Waals surface area contributed by atoms with Gasteiger partial charge in [0.25, 0.3) is 5.91 Å². The van der Waals surface area contributed by atoms with Crippen LogP contribution in [-0.4, -0.2) is 40.6 Å². The van der Waals surface area contributed by atoms with E-state index in [1.807, 2.05) is 0 Å². The van der Waals surface area contributed by atoms with Crippen molar-refractivity contribution in [2.24, 2.45) is 5.84 Å². The molecule has 1 aromatic rings. The highest BCUT2D eigenvalue weighted by atomic mass is 16.3. The summed E-state index contributed by atoms with van der Waals surface area (Å²) in [6.45, 7) is 1.66. The predicted molar refractivity (Wildman–Crippen MR) is 60.7 cm³/mol. The van der Waals surface area contributed by atoms with Gasteiger partial charge >= 0.3 is 0 Å². The van der Waals surface area contributed by atoms with Crippen molar-refractivity contribution in [3.8, 4) is 0 Å². The maximum absolute atomic E-state index is 12.0. The number of aliphatic hydroxyl groups excluding tert-OH is 1. The van der Waals surface area contributed by atoms with Gasteiger partial charge in [-0.15, -0.1) is 0 Å². The Bertz CT molecular complexity index is 370. The molecule has 0 saturated heterocycles. The van der Waals surface area contributed by atoms with E-state index < -0.39 is 0 Å². The molecule has 0 aliphatic carbocycles. The van der Waals surface area contributed by atoms with E-state index in [0.717, 1.165) is 0 Å². The van der Waals surface area contributed by atoms with E-state index in [9.17, 15) is 4.79 Å². The molecule has 0 aliphatic heterocycles. The van der Waals surface area contributed by atoms with Crippen LogP contribution in [0.15, 0.2) is 18.5 Å². The third kappa shape index (κ3) is 2.47. The van der Waals surface area contributed by atoms with Crippen molar-refractivity contribution in [3.63, 3.8) is 0 Å². The summed E-state index contributed by atoms with van der Waals surface area (Å²) in [6, 6.07) is 1.36. The van der Waals surface area contributed by atoms with Crippen LogP contribution in [0.25, 0.3) is 0 Å². The Morgan fingerprint density at radius 1 is 1.75 bits per heavy atom. The number of carbonyl (C=O) groups excluding carboxylic acids is 1. The molecule has 0 saturated carbocycles. The molecule has 1 rings (SSSR count). The van der Waals surface area contributed by atoms with Crippen LogP contribution in [-0.2, 0) is 0 Å². The predicted octanol–water partition coefficient (Wildman–Crippen LogP) is -0.180. The maximum Gasteiger partial charge on any atom is 0.257 e. The fourth-order valence-corrected chi connectivity index (χ4v) is 1.20. The maximum atomic E-state index is 12.0. The number of anilines is 1.